The van der Waals surface area contributed by atoms with Crippen molar-refractivity contribution in [1.29, 1.82) is 0 Å². The summed E-state index contributed by atoms with van der Waals surface area (Å²) < 4.78 is 26.9. The summed E-state index contributed by atoms with van der Waals surface area (Å²) in [5.41, 5.74) is 8.93. The summed E-state index contributed by atoms with van der Waals surface area (Å²) >= 11 is 0. The fourth-order valence-corrected chi connectivity index (χ4v) is 3.13. The number of benzene rings is 1. The van der Waals surface area contributed by atoms with Crippen molar-refractivity contribution in [2.45, 2.75) is 25.8 Å². The Labute approximate surface area is 125 Å². The lowest BCUT2D eigenvalue weighted by Gasteiger charge is -2.10. The Hall–Kier alpha value is -1.76. The topological polar surface area (TPSA) is 85.1 Å². The van der Waals surface area contributed by atoms with Gasteiger partial charge < -0.3 is 5.73 Å². The number of sulfonamides is 1. The summed E-state index contributed by atoms with van der Waals surface area (Å²) in [6, 6.07) is 11.0. The first-order valence-corrected chi connectivity index (χ1v) is 8.31. The molecule has 1 heterocycles. The first kappa shape index (κ1) is 15.6. The summed E-state index contributed by atoms with van der Waals surface area (Å²) in [6.07, 6.45) is 1.67. The first-order chi connectivity index (χ1) is 10.00. The number of pyridine rings is 1. The Morgan fingerprint density at radius 3 is 2.48 bits per heavy atom. The van der Waals surface area contributed by atoms with Crippen molar-refractivity contribution in [2.75, 3.05) is 0 Å². The molecule has 3 N–H and O–H groups in total. The van der Waals surface area contributed by atoms with Gasteiger partial charge >= 0.3 is 0 Å². The van der Waals surface area contributed by atoms with Gasteiger partial charge in [0.1, 0.15) is 0 Å². The third kappa shape index (κ3) is 4.63. The molecule has 112 valence electrons. The number of aromatic nitrogens is 1. The normalized spacial score (nSPS) is 11.5. The Kier molecular flexibility index (Phi) is 5.06. The van der Waals surface area contributed by atoms with E-state index < -0.39 is 10.0 Å². The van der Waals surface area contributed by atoms with Crippen LogP contribution in [0.3, 0.4) is 0 Å². The third-order valence-electron chi connectivity index (χ3n) is 3.15. The van der Waals surface area contributed by atoms with Gasteiger partial charge in [0.25, 0.3) is 0 Å². The smallest absolute Gasteiger partial charge is 0.216 e. The summed E-state index contributed by atoms with van der Waals surface area (Å²) in [6.45, 7) is 2.45. The van der Waals surface area contributed by atoms with E-state index in [0.717, 1.165) is 22.4 Å². The van der Waals surface area contributed by atoms with Crippen LogP contribution >= 0.6 is 0 Å². The molecular formula is C15H19N3O2S. The molecule has 0 bridgehead atoms. The highest BCUT2D eigenvalue weighted by Crippen LogP contribution is 2.11. The van der Waals surface area contributed by atoms with E-state index in [4.69, 9.17) is 5.73 Å². The molecule has 21 heavy (non-hydrogen) atoms. The molecule has 0 spiro atoms. The molecule has 0 atom stereocenters. The molecule has 0 aliphatic carbocycles. The van der Waals surface area contributed by atoms with Gasteiger partial charge in [-0.1, -0.05) is 30.3 Å². The predicted molar refractivity (Wildman–Crippen MR) is 82.8 cm³/mol. The highest BCUT2D eigenvalue weighted by Gasteiger charge is 2.13. The van der Waals surface area contributed by atoms with Crippen molar-refractivity contribution in [3.8, 4) is 0 Å². The Morgan fingerprint density at radius 1 is 1.14 bits per heavy atom. The second kappa shape index (κ2) is 6.80. The van der Waals surface area contributed by atoms with E-state index in [1.807, 2.05) is 37.3 Å². The van der Waals surface area contributed by atoms with Crippen LogP contribution in [0.5, 0.6) is 0 Å². The zero-order chi connectivity index (χ0) is 15.3. The lowest BCUT2D eigenvalue weighted by atomic mass is 10.1. The van der Waals surface area contributed by atoms with Crippen molar-refractivity contribution in [1.82, 2.24) is 9.71 Å². The molecule has 0 amide bonds. The van der Waals surface area contributed by atoms with Gasteiger partial charge in [-0.05, 0) is 29.7 Å². The molecule has 0 unspecified atom stereocenters. The number of rotatable bonds is 6. The monoisotopic (exact) mass is 305 g/mol. The van der Waals surface area contributed by atoms with Crippen LogP contribution in [0.4, 0.5) is 0 Å². The molecule has 6 heteroatoms. The fourth-order valence-electron chi connectivity index (χ4n) is 1.95. The number of nitrogens with two attached hydrogens (primary N) is 1. The van der Waals surface area contributed by atoms with Gasteiger partial charge in [-0.25, -0.2) is 13.1 Å². The lowest BCUT2D eigenvalue weighted by Crippen LogP contribution is -2.25. The van der Waals surface area contributed by atoms with Crippen molar-refractivity contribution in [3.05, 3.63) is 65.0 Å². The standard InChI is InChI=1S/C15H19N3O2S/c1-12-6-7-13(9-17-12)10-18-21(19,20)11-15-5-3-2-4-14(15)8-16/h2-7,9,18H,8,10-11,16H2,1H3. The Morgan fingerprint density at radius 2 is 1.86 bits per heavy atom. The van der Waals surface area contributed by atoms with Crippen molar-refractivity contribution < 1.29 is 8.42 Å². The molecule has 0 fully saturated rings. The molecule has 2 rings (SSSR count). The molecule has 1 aromatic carbocycles. The SMILES string of the molecule is Cc1ccc(CNS(=O)(=O)Cc2ccccc2CN)cn1. The van der Waals surface area contributed by atoms with Crippen molar-refractivity contribution >= 4 is 10.0 Å². The Balaban J connectivity index is 2.03. The van der Waals surface area contributed by atoms with Gasteiger partial charge in [-0.3, -0.25) is 4.98 Å². The number of nitrogens with zero attached hydrogens (tertiary/aromatic N) is 1. The highest BCUT2D eigenvalue weighted by molar-refractivity contribution is 7.88. The highest BCUT2D eigenvalue weighted by atomic mass is 32.2. The van der Waals surface area contributed by atoms with Crippen LogP contribution in [0.1, 0.15) is 22.4 Å². The van der Waals surface area contributed by atoms with Gasteiger partial charge in [0.2, 0.25) is 10.0 Å². The third-order valence-corrected chi connectivity index (χ3v) is 4.43. The van der Waals surface area contributed by atoms with E-state index in [9.17, 15) is 8.42 Å². The van der Waals surface area contributed by atoms with Crippen LogP contribution in [0.25, 0.3) is 0 Å². The van der Waals surface area contributed by atoms with Crippen molar-refractivity contribution in [3.63, 3.8) is 0 Å². The maximum absolute atomic E-state index is 12.1. The number of hydrogen-bond acceptors (Lipinski definition) is 4. The van der Waals surface area contributed by atoms with E-state index >= 15 is 0 Å². The zero-order valence-electron chi connectivity index (χ0n) is 11.9. The average molecular weight is 305 g/mol. The summed E-state index contributed by atoms with van der Waals surface area (Å²) in [5.74, 6) is -0.0698. The minimum absolute atomic E-state index is 0.0698. The molecule has 0 saturated carbocycles. The summed E-state index contributed by atoms with van der Waals surface area (Å²) in [7, 11) is -3.41. The molecule has 0 saturated heterocycles. The van der Waals surface area contributed by atoms with Crippen LogP contribution in [0.15, 0.2) is 42.6 Å². The Bertz CT molecular complexity index is 697. The van der Waals surface area contributed by atoms with Crippen LogP contribution in [0.2, 0.25) is 0 Å². The van der Waals surface area contributed by atoms with Crippen LogP contribution in [0, 0.1) is 6.92 Å². The molecular weight excluding hydrogens is 286 g/mol. The van der Waals surface area contributed by atoms with E-state index in [1.165, 1.54) is 0 Å². The molecule has 5 nitrogen and oxygen atoms in total. The maximum Gasteiger partial charge on any atom is 0.216 e. The first-order valence-electron chi connectivity index (χ1n) is 6.66. The summed E-state index contributed by atoms with van der Waals surface area (Å²) in [4.78, 5) is 4.14. The molecule has 0 radical (unpaired) electrons. The zero-order valence-corrected chi connectivity index (χ0v) is 12.7. The number of aryl methyl sites for hydroxylation is 1. The van der Waals surface area contributed by atoms with E-state index in [0.29, 0.717) is 6.54 Å². The number of hydrogen-bond donors (Lipinski definition) is 2. The van der Waals surface area contributed by atoms with E-state index in [1.54, 1.807) is 12.3 Å². The molecule has 2 aromatic rings. The molecule has 0 aliphatic heterocycles. The van der Waals surface area contributed by atoms with E-state index in [2.05, 4.69) is 9.71 Å². The largest absolute Gasteiger partial charge is 0.326 e. The quantitative estimate of drug-likeness (QED) is 0.846. The molecule has 1 aromatic heterocycles. The average Bonchev–Trinajstić information content (AvgIpc) is 2.47. The number of nitrogens with one attached hydrogen (secondary N) is 1. The summed E-state index contributed by atoms with van der Waals surface area (Å²) in [5, 5.41) is 0. The van der Waals surface area contributed by atoms with Gasteiger partial charge in [-0.15, -0.1) is 0 Å². The van der Waals surface area contributed by atoms with Crippen molar-refractivity contribution in [2.24, 2.45) is 5.73 Å². The van der Waals surface area contributed by atoms with Gasteiger partial charge in [0.05, 0.1) is 5.75 Å². The van der Waals surface area contributed by atoms with Crippen LogP contribution < -0.4 is 10.5 Å². The molecule has 0 aliphatic rings. The lowest BCUT2D eigenvalue weighted by molar-refractivity contribution is 0.580. The second-order valence-electron chi connectivity index (χ2n) is 4.86. The minimum atomic E-state index is -3.41. The van der Waals surface area contributed by atoms with Crippen LogP contribution in [-0.4, -0.2) is 13.4 Å². The fraction of sp³-hybridized carbons (Fsp3) is 0.267. The van der Waals surface area contributed by atoms with Gasteiger partial charge in [0, 0.05) is 25.0 Å². The minimum Gasteiger partial charge on any atom is -0.326 e. The van der Waals surface area contributed by atoms with Gasteiger partial charge in [0.15, 0.2) is 0 Å². The van der Waals surface area contributed by atoms with Crippen LogP contribution in [-0.2, 0) is 28.9 Å². The second-order valence-corrected chi connectivity index (χ2v) is 6.67. The predicted octanol–water partition coefficient (Wildman–Crippen LogP) is 1.47. The maximum atomic E-state index is 12.1. The van der Waals surface area contributed by atoms with E-state index in [-0.39, 0.29) is 12.3 Å². The van der Waals surface area contributed by atoms with Gasteiger partial charge in [-0.2, -0.15) is 0 Å².